The van der Waals surface area contributed by atoms with Crippen LogP contribution in [0.4, 0.5) is 5.69 Å². The highest BCUT2D eigenvalue weighted by Crippen LogP contribution is 2.22. The lowest BCUT2D eigenvalue weighted by Gasteiger charge is -2.21. The number of amides is 2. The smallest absolute Gasteiger partial charge is 0.255 e. The fourth-order valence-corrected chi connectivity index (χ4v) is 2.93. The molecule has 0 aliphatic carbocycles. The molecule has 29 heavy (non-hydrogen) atoms. The van der Waals surface area contributed by atoms with Gasteiger partial charge in [-0.3, -0.25) is 9.59 Å². The first kappa shape index (κ1) is 20.1. The molecule has 5 nitrogen and oxygen atoms in total. The zero-order valence-electron chi connectivity index (χ0n) is 16.6. The summed E-state index contributed by atoms with van der Waals surface area (Å²) in [6.45, 7) is 4.54. The Kier molecular flexibility index (Phi) is 6.63. The van der Waals surface area contributed by atoms with Crippen molar-refractivity contribution >= 4 is 17.5 Å². The van der Waals surface area contributed by atoms with Gasteiger partial charge in [0, 0.05) is 31.3 Å². The van der Waals surface area contributed by atoms with E-state index in [0.717, 1.165) is 11.3 Å². The maximum Gasteiger partial charge on any atom is 0.255 e. The van der Waals surface area contributed by atoms with Crippen molar-refractivity contribution in [3.05, 3.63) is 90.0 Å². The molecule has 3 rings (SSSR count). The largest absolute Gasteiger partial charge is 0.457 e. The zero-order chi connectivity index (χ0) is 20.6. The number of anilines is 1. The van der Waals surface area contributed by atoms with Crippen molar-refractivity contribution in [2.45, 2.75) is 20.4 Å². The van der Waals surface area contributed by atoms with Crippen LogP contribution < -0.4 is 10.1 Å². The maximum absolute atomic E-state index is 12.7. The summed E-state index contributed by atoms with van der Waals surface area (Å²) in [5.74, 6) is 1.19. The summed E-state index contributed by atoms with van der Waals surface area (Å²) >= 11 is 0. The molecule has 0 atom stereocenters. The van der Waals surface area contributed by atoms with Gasteiger partial charge in [-0.2, -0.15) is 0 Å². The van der Waals surface area contributed by atoms with Gasteiger partial charge in [0.1, 0.15) is 11.5 Å². The minimum Gasteiger partial charge on any atom is -0.457 e. The molecule has 3 aromatic rings. The van der Waals surface area contributed by atoms with Gasteiger partial charge >= 0.3 is 0 Å². The summed E-state index contributed by atoms with van der Waals surface area (Å²) in [5, 5.41) is 2.95. The molecule has 0 spiro atoms. The number of para-hydroxylation sites is 2. The summed E-state index contributed by atoms with van der Waals surface area (Å²) < 4.78 is 5.76. The summed E-state index contributed by atoms with van der Waals surface area (Å²) in [4.78, 5) is 26.1. The topological polar surface area (TPSA) is 58.6 Å². The Bertz CT molecular complexity index is 969. The summed E-state index contributed by atoms with van der Waals surface area (Å²) in [7, 11) is 0. The first-order chi connectivity index (χ1) is 14.1. The molecule has 0 unspecified atom stereocenters. The van der Waals surface area contributed by atoms with E-state index in [-0.39, 0.29) is 11.8 Å². The molecule has 0 aliphatic heterocycles. The lowest BCUT2D eigenvalue weighted by molar-refractivity contribution is -0.129. The van der Waals surface area contributed by atoms with E-state index in [2.05, 4.69) is 5.32 Å². The van der Waals surface area contributed by atoms with Crippen molar-refractivity contribution in [2.75, 3.05) is 11.9 Å². The van der Waals surface area contributed by atoms with Gasteiger partial charge in [0.05, 0.1) is 0 Å². The average Bonchev–Trinajstić information content (AvgIpc) is 2.74. The van der Waals surface area contributed by atoms with Crippen molar-refractivity contribution in [1.82, 2.24) is 4.90 Å². The minimum absolute atomic E-state index is 0.00244. The molecule has 0 heterocycles. The predicted molar refractivity (Wildman–Crippen MR) is 114 cm³/mol. The standard InChI is InChI=1S/C24H24N2O3/c1-3-26(18(2)27)17-20-9-7-8-12-23(20)25-24(28)19-13-15-22(16-14-19)29-21-10-5-4-6-11-21/h4-16H,3,17H2,1-2H3,(H,25,28). The van der Waals surface area contributed by atoms with Crippen molar-refractivity contribution < 1.29 is 14.3 Å². The molecule has 0 saturated heterocycles. The summed E-state index contributed by atoms with van der Waals surface area (Å²) in [6, 6.07) is 24.0. The van der Waals surface area contributed by atoms with Gasteiger partial charge in [-0.05, 0) is 55.0 Å². The van der Waals surface area contributed by atoms with Gasteiger partial charge < -0.3 is 15.0 Å². The van der Waals surface area contributed by atoms with E-state index in [1.165, 1.54) is 0 Å². The highest BCUT2D eigenvalue weighted by Gasteiger charge is 2.13. The van der Waals surface area contributed by atoms with E-state index in [9.17, 15) is 9.59 Å². The minimum atomic E-state index is -0.213. The Morgan fingerprint density at radius 1 is 0.862 bits per heavy atom. The van der Waals surface area contributed by atoms with E-state index in [1.54, 1.807) is 36.1 Å². The molecule has 2 amide bonds. The molecular weight excluding hydrogens is 364 g/mol. The zero-order valence-corrected chi connectivity index (χ0v) is 16.6. The Balaban J connectivity index is 1.70. The van der Waals surface area contributed by atoms with Crippen molar-refractivity contribution in [3.8, 4) is 11.5 Å². The van der Waals surface area contributed by atoms with E-state index >= 15 is 0 Å². The second-order valence-electron chi connectivity index (χ2n) is 6.58. The normalized spacial score (nSPS) is 10.3. The van der Waals surface area contributed by atoms with Gasteiger partial charge in [0.25, 0.3) is 5.91 Å². The van der Waals surface area contributed by atoms with Crippen molar-refractivity contribution in [3.63, 3.8) is 0 Å². The van der Waals surface area contributed by atoms with Crippen molar-refractivity contribution in [1.29, 1.82) is 0 Å². The molecule has 0 aliphatic rings. The summed E-state index contributed by atoms with van der Waals surface area (Å²) in [5.41, 5.74) is 2.11. The number of benzene rings is 3. The molecular formula is C24H24N2O3. The van der Waals surface area contributed by atoms with Crippen LogP contribution in [0.1, 0.15) is 29.8 Å². The van der Waals surface area contributed by atoms with Crippen LogP contribution in [0.25, 0.3) is 0 Å². The number of nitrogens with zero attached hydrogens (tertiary/aromatic N) is 1. The highest BCUT2D eigenvalue weighted by atomic mass is 16.5. The maximum atomic E-state index is 12.7. The monoisotopic (exact) mass is 388 g/mol. The number of carbonyl (C=O) groups excluding carboxylic acids is 2. The average molecular weight is 388 g/mol. The Labute approximate surface area is 170 Å². The van der Waals surface area contributed by atoms with E-state index in [0.29, 0.717) is 30.1 Å². The van der Waals surface area contributed by atoms with Crippen LogP contribution in [0.15, 0.2) is 78.9 Å². The third-order valence-corrected chi connectivity index (χ3v) is 4.55. The van der Waals surface area contributed by atoms with E-state index in [4.69, 9.17) is 4.74 Å². The van der Waals surface area contributed by atoms with Crippen molar-refractivity contribution in [2.24, 2.45) is 0 Å². The number of hydrogen-bond donors (Lipinski definition) is 1. The first-order valence-corrected chi connectivity index (χ1v) is 9.54. The highest BCUT2D eigenvalue weighted by molar-refractivity contribution is 6.04. The van der Waals surface area contributed by atoms with Gasteiger partial charge in [-0.25, -0.2) is 0 Å². The molecule has 0 saturated carbocycles. The third kappa shape index (κ3) is 5.45. The Morgan fingerprint density at radius 3 is 2.14 bits per heavy atom. The summed E-state index contributed by atoms with van der Waals surface area (Å²) in [6.07, 6.45) is 0. The molecule has 0 radical (unpaired) electrons. The quantitative estimate of drug-likeness (QED) is 0.613. The number of carbonyl (C=O) groups is 2. The first-order valence-electron chi connectivity index (χ1n) is 9.54. The SMILES string of the molecule is CCN(Cc1ccccc1NC(=O)c1ccc(Oc2ccccc2)cc1)C(C)=O. The fraction of sp³-hybridized carbons (Fsp3) is 0.167. The Morgan fingerprint density at radius 2 is 1.48 bits per heavy atom. The van der Waals surface area contributed by atoms with Gasteiger partial charge in [-0.15, -0.1) is 0 Å². The van der Waals surface area contributed by atoms with Gasteiger partial charge in [0.15, 0.2) is 0 Å². The van der Waals surface area contributed by atoms with Crippen LogP contribution in [-0.4, -0.2) is 23.3 Å². The van der Waals surface area contributed by atoms with Crippen LogP contribution in [0.2, 0.25) is 0 Å². The molecule has 148 valence electrons. The van der Waals surface area contributed by atoms with Gasteiger partial charge in [-0.1, -0.05) is 36.4 Å². The number of rotatable bonds is 7. The molecule has 0 fully saturated rings. The second kappa shape index (κ2) is 9.55. The lowest BCUT2D eigenvalue weighted by atomic mass is 10.1. The van der Waals surface area contributed by atoms with Crippen LogP contribution >= 0.6 is 0 Å². The number of nitrogens with one attached hydrogen (secondary N) is 1. The van der Waals surface area contributed by atoms with Crippen LogP contribution in [0.3, 0.4) is 0 Å². The third-order valence-electron chi connectivity index (χ3n) is 4.55. The molecule has 1 N–H and O–H groups in total. The van der Waals surface area contributed by atoms with E-state index < -0.39 is 0 Å². The number of ether oxygens (including phenoxy) is 1. The van der Waals surface area contributed by atoms with Gasteiger partial charge in [0.2, 0.25) is 5.91 Å². The number of hydrogen-bond acceptors (Lipinski definition) is 3. The Hall–Kier alpha value is -3.60. The van der Waals surface area contributed by atoms with E-state index in [1.807, 2.05) is 61.5 Å². The molecule has 3 aromatic carbocycles. The van der Waals surface area contributed by atoms with Crippen LogP contribution in [0.5, 0.6) is 11.5 Å². The van der Waals surface area contributed by atoms with Crippen LogP contribution in [0, 0.1) is 0 Å². The predicted octanol–water partition coefficient (Wildman–Crippen LogP) is 5.10. The fourth-order valence-electron chi connectivity index (χ4n) is 2.93. The second-order valence-corrected chi connectivity index (χ2v) is 6.58. The lowest BCUT2D eigenvalue weighted by Crippen LogP contribution is -2.28. The molecule has 0 aromatic heterocycles. The van der Waals surface area contributed by atoms with Crippen LogP contribution in [-0.2, 0) is 11.3 Å². The molecule has 5 heteroatoms. The molecule has 0 bridgehead atoms.